The molecule has 0 amide bonds. The second-order valence-electron chi connectivity index (χ2n) is 4.64. The molecule has 0 unspecified atom stereocenters. The average molecular weight is 333 g/mol. The van der Waals surface area contributed by atoms with Gasteiger partial charge in [-0.25, -0.2) is 0 Å². The van der Waals surface area contributed by atoms with E-state index in [0.717, 1.165) is 21.3 Å². The van der Waals surface area contributed by atoms with Gasteiger partial charge in [0.25, 0.3) is 0 Å². The van der Waals surface area contributed by atoms with E-state index in [-0.39, 0.29) is 11.5 Å². The quantitative estimate of drug-likeness (QED) is 0.828. The minimum atomic E-state index is 0.0712. The third-order valence-electron chi connectivity index (χ3n) is 3.47. The summed E-state index contributed by atoms with van der Waals surface area (Å²) >= 11 is 3.48. The van der Waals surface area contributed by atoms with Gasteiger partial charge in [0.1, 0.15) is 5.69 Å². The van der Waals surface area contributed by atoms with Gasteiger partial charge in [0.2, 0.25) is 11.5 Å². The SMILES string of the molecule is Cn1c(O)c(/C=C2\C=Nc3c(Br)cccc32)n(C)c1=N. The minimum Gasteiger partial charge on any atom is -0.493 e. The molecule has 1 aliphatic rings. The number of fused-ring (bicyclic) bond motifs is 1. The molecular weight excluding hydrogens is 320 g/mol. The van der Waals surface area contributed by atoms with Crippen LogP contribution in [0.3, 0.4) is 0 Å². The first-order valence-electron chi connectivity index (χ1n) is 6.04. The van der Waals surface area contributed by atoms with Crippen molar-refractivity contribution in [1.29, 1.82) is 5.41 Å². The number of imidazole rings is 1. The zero-order valence-corrected chi connectivity index (χ0v) is 12.6. The van der Waals surface area contributed by atoms with Crippen LogP contribution in [0.2, 0.25) is 0 Å². The first-order valence-corrected chi connectivity index (χ1v) is 6.84. The Hall–Kier alpha value is -2.08. The van der Waals surface area contributed by atoms with E-state index >= 15 is 0 Å². The Morgan fingerprint density at radius 1 is 1.30 bits per heavy atom. The molecule has 2 heterocycles. The number of hydrogen-bond donors (Lipinski definition) is 2. The van der Waals surface area contributed by atoms with Gasteiger partial charge in [0, 0.05) is 35.9 Å². The zero-order chi connectivity index (χ0) is 14.4. The van der Waals surface area contributed by atoms with Crippen LogP contribution in [-0.2, 0) is 14.1 Å². The summed E-state index contributed by atoms with van der Waals surface area (Å²) < 4.78 is 4.00. The molecular formula is C14H13BrN4O. The summed E-state index contributed by atoms with van der Waals surface area (Å²) in [6.45, 7) is 0. The van der Waals surface area contributed by atoms with Gasteiger partial charge in [-0.2, -0.15) is 0 Å². The lowest BCUT2D eigenvalue weighted by molar-refractivity contribution is 0.427. The molecule has 20 heavy (non-hydrogen) atoms. The first kappa shape index (κ1) is 12.9. The predicted octanol–water partition coefficient (Wildman–Crippen LogP) is 2.57. The number of rotatable bonds is 1. The highest BCUT2D eigenvalue weighted by atomic mass is 79.9. The fourth-order valence-corrected chi connectivity index (χ4v) is 2.74. The van der Waals surface area contributed by atoms with Crippen LogP contribution in [0, 0.1) is 5.41 Å². The molecule has 102 valence electrons. The van der Waals surface area contributed by atoms with E-state index in [1.807, 2.05) is 24.3 Å². The van der Waals surface area contributed by atoms with Crippen LogP contribution in [0.15, 0.2) is 27.7 Å². The highest BCUT2D eigenvalue weighted by molar-refractivity contribution is 9.10. The number of nitrogens with one attached hydrogen (secondary N) is 1. The first-order chi connectivity index (χ1) is 9.50. The summed E-state index contributed by atoms with van der Waals surface area (Å²) in [6.07, 6.45) is 3.61. The third-order valence-corrected chi connectivity index (χ3v) is 4.11. The largest absolute Gasteiger partial charge is 0.493 e. The van der Waals surface area contributed by atoms with Crippen molar-refractivity contribution in [2.75, 3.05) is 0 Å². The van der Waals surface area contributed by atoms with Gasteiger partial charge < -0.3 is 9.67 Å². The van der Waals surface area contributed by atoms with Gasteiger partial charge in [-0.1, -0.05) is 12.1 Å². The highest BCUT2D eigenvalue weighted by Crippen LogP contribution is 2.38. The lowest BCUT2D eigenvalue weighted by Crippen LogP contribution is -2.20. The Morgan fingerprint density at radius 2 is 2.05 bits per heavy atom. The maximum Gasteiger partial charge on any atom is 0.218 e. The van der Waals surface area contributed by atoms with Crippen molar-refractivity contribution in [3.8, 4) is 5.88 Å². The van der Waals surface area contributed by atoms with Crippen molar-refractivity contribution in [3.05, 3.63) is 39.5 Å². The van der Waals surface area contributed by atoms with Crippen LogP contribution in [-0.4, -0.2) is 20.5 Å². The Morgan fingerprint density at radius 3 is 2.70 bits per heavy atom. The summed E-state index contributed by atoms with van der Waals surface area (Å²) in [5, 5.41) is 17.9. The topological polar surface area (TPSA) is 66.3 Å². The molecule has 0 radical (unpaired) electrons. The Labute approximate surface area is 124 Å². The molecule has 6 heteroatoms. The monoisotopic (exact) mass is 332 g/mol. The van der Waals surface area contributed by atoms with E-state index in [4.69, 9.17) is 5.41 Å². The number of aliphatic imine (C=N–C) groups is 1. The van der Waals surface area contributed by atoms with Crippen molar-refractivity contribution in [3.63, 3.8) is 0 Å². The average Bonchev–Trinajstić information content (AvgIpc) is 2.92. The van der Waals surface area contributed by atoms with Crippen LogP contribution < -0.4 is 5.62 Å². The van der Waals surface area contributed by atoms with Gasteiger partial charge in [0.15, 0.2) is 0 Å². The number of benzene rings is 1. The predicted molar refractivity (Wildman–Crippen MR) is 82.1 cm³/mol. The Balaban J connectivity index is 2.19. The van der Waals surface area contributed by atoms with Crippen molar-refractivity contribution in [1.82, 2.24) is 9.13 Å². The van der Waals surface area contributed by atoms with Gasteiger partial charge >= 0.3 is 0 Å². The molecule has 1 aromatic carbocycles. The van der Waals surface area contributed by atoms with Gasteiger partial charge in [-0.3, -0.25) is 15.0 Å². The molecule has 5 nitrogen and oxygen atoms in total. The van der Waals surface area contributed by atoms with Crippen LogP contribution in [0.25, 0.3) is 11.6 Å². The van der Waals surface area contributed by atoms with Crippen LogP contribution in [0.1, 0.15) is 11.3 Å². The second kappa shape index (κ2) is 4.49. The zero-order valence-electron chi connectivity index (χ0n) is 11.1. The molecule has 2 N–H and O–H groups in total. The van der Waals surface area contributed by atoms with Crippen molar-refractivity contribution < 1.29 is 5.11 Å². The minimum absolute atomic E-state index is 0.0712. The summed E-state index contributed by atoms with van der Waals surface area (Å²) in [4.78, 5) is 4.38. The van der Waals surface area contributed by atoms with E-state index in [1.54, 1.807) is 24.9 Å². The summed E-state index contributed by atoms with van der Waals surface area (Å²) in [7, 11) is 3.41. The smallest absolute Gasteiger partial charge is 0.218 e. The molecule has 0 bridgehead atoms. The fraction of sp³-hybridized carbons (Fsp3) is 0.143. The number of aromatic hydroxyl groups is 1. The summed E-state index contributed by atoms with van der Waals surface area (Å²) in [5.41, 5.74) is 3.64. The van der Waals surface area contributed by atoms with E-state index in [2.05, 4.69) is 20.9 Å². The Bertz CT molecular complexity index is 826. The molecule has 2 aromatic rings. The lowest BCUT2D eigenvalue weighted by Gasteiger charge is -2.02. The summed E-state index contributed by atoms with van der Waals surface area (Å²) in [5.74, 6) is 0.0712. The van der Waals surface area contributed by atoms with E-state index < -0.39 is 0 Å². The number of halogens is 1. The number of nitrogens with zero attached hydrogens (tertiary/aromatic N) is 3. The Kier molecular flexibility index (Phi) is 2.90. The maximum atomic E-state index is 10.1. The number of aromatic nitrogens is 2. The van der Waals surface area contributed by atoms with Crippen molar-refractivity contribution in [2.45, 2.75) is 0 Å². The lowest BCUT2D eigenvalue weighted by atomic mass is 10.1. The third kappa shape index (κ3) is 1.76. The molecule has 0 atom stereocenters. The number of hydrogen-bond acceptors (Lipinski definition) is 3. The molecule has 0 aliphatic carbocycles. The number of para-hydroxylation sites is 1. The second-order valence-corrected chi connectivity index (χ2v) is 5.50. The van der Waals surface area contributed by atoms with Crippen LogP contribution >= 0.6 is 15.9 Å². The number of allylic oxidation sites excluding steroid dienone is 1. The maximum absolute atomic E-state index is 10.1. The van der Waals surface area contributed by atoms with Crippen molar-refractivity contribution >= 4 is 39.5 Å². The molecule has 0 fully saturated rings. The molecule has 0 spiro atoms. The molecule has 1 aromatic heterocycles. The van der Waals surface area contributed by atoms with Gasteiger partial charge in [-0.15, -0.1) is 0 Å². The standard InChI is InChI=1S/C14H13BrN4O/c1-18-11(13(20)19(2)14(18)16)6-8-7-17-12-9(8)4-3-5-10(12)15/h3-7,16,20H,1-2H3/b8-6+,16-14?. The molecule has 1 aliphatic heterocycles. The molecule has 0 saturated heterocycles. The van der Waals surface area contributed by atoms with Crippen molar-refractivity contribution in [2.24, 2.45) is 19.1 Å². The van der Waals surface area contributed by atoms with Gasteiger partial charge in [0.05, 0.1) is 5.69 Å². The summed E-state index contributed by atoms with van der Waals surface area (Å²) in [6, 6.07) is 5.88. The van der Waals surface area contributed by atoms with E-state index in [0.29, 0.717) is 5.69 Å². The van der Waals surface area contributed by atoms with E-state index in [9.17, 15) is 5.11 Å². The van der Waals surface area contributed by atoms with Crippen LogP contribution in [0.4, 0.5) is 5.69 Å². The van der Waals surface area contributed by atoms with Gasteiger partial charge in [-0.05, 0) is 28.1 Å². The normalized spacial score (nSPS) is 15.1. The molecule has 0 saturated carbocycles. The van der Waals surface area contributed by atoms with Crippen LogP contribution in [0.5, 0.6) is 5.88 Å². The van der Waals surface area contributed by atoms with E-state index in [1.165, 1.54) is 4.57 Å². The fourth-order valence-electron chi connectivity index (χ4n) is 2.27. The highest BCUT2D eigenvalue weighted by Gasteiger charge is 2.17. The molecule has 3 rings (SSSR count).